The fourth-order valence-electron chi connectivity index (χ4n) is 1.63. The number of ether oxygens (including phenoxy) is 2. The Labute approximate surface area is 120 Å². The van der Waals surface area contributed by atoms with Crippen molar-refractivity contribution in [1.29, 1.82) is 0 Å². The second-order valence-corrected chi connectivity index (χ2v) is 4.64. The lowest BCUT2D eigenvalue weighted by Crippen LogP contribution is -2.19. The highest BCUT2D eigenvalue weighted by molar-refractivity contribution is 6.30. The van der Waals surface area contributed by atoms with Crippen LogP contribution in [0, 0.1) is 0 Å². The van der Waals surface area contributed by atoms with E-state index in [1.54, 1.807) is 7.11 Å². The molecule has 0 heterocycles. The van der Waals surface area contributed by atoms with Gasteiger partial charge >= 0.3 is 0 Å². The number of benzene rings is 1. The van der Waals surface area contributed by atoms with E-state index >= 15 is 0 Å². The molecular weight excluding hydrogens is 262 g/mol. The van der Waals surface area contributed by atoms with Crippen LogP contribution in [0.2, 0.25) is 5.02 Å². The average molecular weight is 284 g/mol. The molecule has 0 saturated carbocycles. The van der Waals surface area contributed by atoms with E-state index < -0.39 is 0 Å². The average Bonchev–Trinajstić information content (AvgIpc) is 2.41. The van der Waals surface area contributed by atoms with Crippen LogP contribution in [-0.2, 0) is 11.3 Å². The van der Waals surface area contributed by atoms with E-state index in [0.717, 1.165) is 42.3 Å². The maximum absolute atomic E-state index is 6.02. The molecule has 106 valence electrons. The van der Waals surface area contributed by atoms with Crippen molar-refractivity contribution in [2.45, 2.75) is 19.4 Å². The molecule has 0 aliphatic carbocycles. The Morgan fingerprint density at radius 2 is 2.21 bits per heavy atom. The Balaban J connectivity index is 2.50. The summed E-state index contributed by atoms with van der Waals surface area (Å²) in [5.74, 6) is 0.887. The van der Waals surface area contributed by atoms with E-state index in [1.807, 2.05) is 24.3 Å². The van der Waals surface area contributed by atoms with Crippen LogP contribution in [0.5, 0.6) is 5.75 Å². The number of halogens is 1. The van der Waals surface area contributed by atoms with Crippen molar-refractivity contribution in [1.82, 2.24) is 5.32 Å². The van der Waals surface area contributed by atoms with E-state index in [-0.39, 0.29) is 0 Å². The Morgan fingerprint density at radius 3 is 2.95 bits per heavy atom. The monoisotopic (exact) mass is 283 g/mol. The van der Waals surface area contributed by atoms with Gasteiger partial charge in [0.25, 0.3) is 0 Å². The van der Waals surface area contributed by atoms with Gasteiger partial charge in [0.2, 0.25) is 0 Å². The van der Waals surface area contributed by atoms with Crippen LogP contribution in [0.15, 0.2) is 30.9 Å². The molecule has 4 heteroatoms. The van der Waals surface area contributed by atoms with Gasteiger partial charge in [-0.25, -0.2) is 0 Å². The molecule has 19 heavy (non-hydrogen) atoms. The zero-order valence-electron chi connectivity index (χ0n) is 11.5. The van der Waals surface area contributed by atoms with Gasteiger partial charge in [0, 0.05) is 30.8 Å². The van der Waals surface area contributed by atoms with Gasteiger partial charge in [-0.05, 0) is 31.0 Å². The first-order valence-corrected chi connectivity index (χ1v) is 6.87. The lowest BCUT2D eigenvalue weighted by atomic mass is 10.2. The Morgan fingerprint density at radius 1 is 1.37 bits per heavy atom. The van der Waals surface area contributed by atoms with Gasteiger partial charge < -0.3 is 14.8 Å². The molecular formula is C15H22ClNO2. The number of hydrogen-bond donors (Lipinski definition) is 1. The maximum Gasteiger partial charge on any atom is 0.123 e. The Kier molecular flexibility index (Phi) is 8.30. The van der Waals surface area contributed by atoms with Gasteiger partial charge in [-0.15, -0.1) is 6.58 Å². The predicted octanol–water partition coefficient (Wildman–Crippen LogP) is 3.42. The maximum atomic E-state index is 6.02. The number of allylic oxidation sites excluding steroid dienone is 1. The molecule has 1 N–H and O–H groups in total. The van der Waals surface area contributed by atoms with Crippen molar-refractivity contribution in [3.63, 3.8) is 0 Å². The van der Waals surface area contributed by atoms with Gasteiger partial charge in [0.05, 0.1) is 13.2 Å². The normalized spacial score (nSPS) is 10.4. The minimum absolute atomic E-state index is 0.691. The fourth-order valence-corrected chi connectivity index (χ4v) is 1.83. The first kappa shape index (κ1) is 16.0. The lowest BCUT2D eigenvalue weighted by molar-refractivity contribution is 0.199. The predicted molar refractivity (Wildman–Crippen MR) is 80.0 cm³/mol. The van der Waals surface area contributed by atoms with E-state index in [4.69, 9.17) is 21.1 Å². The quantitative estimate of drug-likeness (QED) is 0.527. The molecule has 0 unspecified atom stereocenters. The zero-order chi connectivity index (χ0) is 13.9. The Bertz CT molecular complexity index is 382. The van der Waals surface area contributed by atoms with Crippen molar-refractivity contribution >= 4 is 11.6 Å². The van der Waals surface area contributed by atoms with Crippen LogP contribution in [0.4, 0.5) is 0 Å². The highest BCUT2D eigenvalue weighted by Gasteiger charge is 2.04. The SMILES string of the molecule is C=CCCCOc1ccc(Cl)cc1CNCCOC. The number of rotatable bonds is 10. The van der Waals surface area contributed by atoms with E-state index in [1.165, 1.54) is 0 Å². The molecule has 0 amide bonds. The van der Waals surface area contributed by atoms with E-state index in [0.29, 0.717) is 13.2 Å². The minimum atomic E-state index is 0.691. The van der Waals surface area contributed by atoms with Crippen LogP contribution in [0.1, 0.15) is 18.4 Å². The molecule has 0 aliphatic heterocycles. The third kappa shape index (κ3) is 6.62. The molecule has 0 fully saturated rings. The topological polar surface area (TPSA) is 30.5 Å². The highest BCUT2D eigenvalue weighted by atomic mass is 35.5. The van der Waals surface area contributed by atoms with Crippen molar-refractivity contribution in [2.75, 3.05) is 26.9 Å². The van der Waals surface area contributed by atoms with Crippen LogP contribution in [-0.4, -0.2) is 26.9 Å². The first-order valence-electron chi connectivity index (χ1n) is 6.49. The standard InChI is InChI=1S/C15H22ClNO2/c1-3-4-5-9-19-15-7-6-14(16)11-13(15)12-17-8-10-18-2/h3,6-7,11,17H,1,4-5,8-10,12H2,2H3. The summed E-state index contributed by atoms with van der Waals surface area (Å²) >= 11 is 6.02. The molecule has 1 rings (SSSR count). The van der Waals surface area contributed by atoms with Crippen LogP contribution < -0.4 is 10.1 Å². The third-order valence-electron chi connectivity index (χ3n) is 2.63. The molecule has 0 spiro atoms. The smallest absolute Gasteiger partial charge is 0.123 e. The molecule has 1 aromatic rings. The summed E-state index contributed by atoms with van der Waals surface area (Å²) in [6.45, 7) is 6.61. The summed E-state index contributed by atoms with van der Waals surface area (Å²) in [6.07, 6.45) is 3.84. The largest absolute Gasteiger partial charge is 0.493 e. The van der Waals surface area contributed by atoms with Gasteiger partial charge in [-0.3, -0.25) is 0 Å². The molecule has 1 aromatic carbocycles. The summed E-state index contributed by atoms with van der Waals surface area (Å²) in [5, 5.41) is 4.02. The van der Waals surface area contributed by atoms with Crippen molar-refractivity contribution in [3.8, 4) is 5.75 Å². The second kappa shape index (κ2) is 9.84. The highest BCUT2D eigenvalue weighted by Crippen LogP contribution is 2.23. The summed E-state index contributed by atoms with van der Waals surface area (Å²) < 4.78 is 10.8. The molecule has 0 bridgehead atoms. The zero-order valence-corrected chi connectivity index (χ0v) is 12.2. The number of unbranched alkanes of at least 4 members (excludes halogenated alkanes) is 1. The summed E-state index contributed by atoms with van der Waals surface area (Å²) in [5.41, 5.74) is 1.07. The molecule has 0 aliphatic rings. The molecule has 3 nitrogen and oxygen atoms in total. The molecule has 0 atom stereocenters. The summed E-state index contributed by atoms with van der Waals surface area (Å²) in [7, 11) is 1.69. The Hall–Kier alpha value is -1.03. The lowest BCUT2D eigenvalue weighted by Gasteiger charge is -2.12. The van der Waals surface area contributed by atoms with Crippen molar-refractivity contribution in [3.05, 3.63) is 41.4 Å². The summed E-state index contributed by atoms with van der Waals surface area (Å²) in [6, 6.07) is 5.71. The van der Waals surface area contributed by atoms with Gasteiger partial charge in [-0.1, -0.05) is 17.7 Å². The first-order chi connectivity index (χ1) is 9.27. The third-order valence-corrected chi connectivity index (χ3v) is 2.87. The fraction of sp³-hybridized carbons (Fsp3) is 0.467. The van der Waals surface area contributed by atoms with Crippen LogP contribution >= 0.6 is 11.6 Å². The molecule has 0 radical (unpaired) electrons. The van der Waals surface area contributed by atoms with E-state index in [9.17, 15) is 0 Å². The van der Waals surface area contributed by atoms with Gasteiger partial charge in [0.1, 0.15) is 5.75 Å². The van der Waals surface area contributed by atoms with Gasteiger partial charge in [-0.2, -0.15) is 0 Å². The summed E-state index contributed by atoms with van der Waals surface area (Å²) in [4.78, 5) is 0. The minimum Gasteiger partial charge on any atom is -0.493 e. The van der Waals surface area contributed by atoms with Crippen LogP contribution in [0.25, 0.3) is 0 Å². The van der Waals surface area contributed by atoms with Crippen LogP contribution in [0.3, 0.4) is 0 Å². The molecule has 0 aromatic heterocycles. The second-order valence-electron chi connectivity index (χ2n) is 4.20. The van der Waals surface area contributed by atoms with Crippen molar-refractivity contribution in [2.24, 2.45) is 0 Å². The van der Waals surface area contributed by atoms with E-state index in [2.05, 4.69) is 11.9 Å². The number of nitrogens with one attached hydrogen (secondary N) is 1. The molecule has 0 saturated heterocycles. The van der Waals surface area contributed by atoms with Crippen molar-refractivity contribution < 1.29 is 9.47 Å². The number of methoxy groups -OCH3 is 1. The van der Waals surface area contributed by atoms with Gasteiger partial charge in [0.15, 0.2) is 0 Å². The number of hydrogen-bond acceptors (Lipinski definition) is 3.